The lowest BCUT2D eigenvalue weighted by Crippen LogP contribution is -2.43. The summed E-state index contributed by atoms with van der Waals surface area (Å²) < 4.78 is 37.2. The van der Waals surface area contributed by atoms with E-state index in [2.05, 4.69) is 10.5 Å². The average molecular weight is 425 g/mol. The molecule has 0 amide bonds. The number of hydrogen-bond acceptors (Lipinski definition) is 7. The van der Waals surface area contributed by atoms with Crippen LogP contribution in [-0.4, -0.2) is 55.8 Å². The first-order valence-corrected chi connectivity index (χ1v) is 10.2. The highest BCUT2D eigenvalue weighted by Crippen LogP contribution is 2.26. The Morgan fingerprint density at radius 2 is 2.10 bits per heavy atom. The molecule has 1 fully saturated rings. The van der Waals surface area contributed by atoms with Gasteiger partial charge in [-0.2, -0.15) is 0 Å². The predicted molar refractivity (Wildman–Crippen MR) is 108 cm³/mol. The van der Waals surface area contributed by atoms with Gasteiger partial charge in [0.15, 0.2) is 0 Å². The smallest absolute Gasteiger partial charge is 0.338 e. The van der Waals surface area contributed by atoms with Crippen molar-refractivity contribution < 1.29 is 27.9 Å². The minimum atomic E-state index is -3.01. The van der Waals surface area contributed by atoms with Gasteiger partial charge in [0.05, 0.1) is 19.3 Å². The molecule has 2 aliphatic heterocycles. The molecular formula is C21H29F2N3O4. The van der Waals surface area contributed by atoms with Crippen molar-refractivity contribution in [1.29, 1.82) is 0 Å². The van der Waals surface area contributed by atoms with E-state index < -0.39 is 12.2 Å². The Balaban J connectivity index is 1.37. The third-order valence-electron chi connectivity index (χ3n) is 5.48. The summed E-state index contributed by atoms with van der Waals surface area (Å²) in [5.41, 5.74) is 3.90. The Kier molecular flexibility index (Phi) is 7.12. The van der Waals surface area contributed by atoms with Crippen LogP contribution in [0.1, 0.15) is 48.5 Å². The number of carbonyl (C=O) groups excluding carboxylic acids is 1. The van der Waals surface area contributed by atoms with Crippen molar-refractivity contribution in [3.05, 3.63) is 29.3 Å². The maximum absolute atomic E-state index is 13.3. The number of guanidine groups is 1. The molecule has 0 bridgehead atoms. The number of ether oxygens (including phenoxy) is 2. The molecule has 2 aliphatic rings. The quantitative estimate of drug-likeness (QED) is 0.532. The largest absolute Gasteiger partial charge is 0.494 e. The van der Waals surface area contributed by atoms with Gasteiger partial charge in [-0.15, -0.1) is 0 Å². The minimum Gasteiger partial charge on any atom is -0.494 e. The molecule has 9 heteroatoms. The van der Waals surface area contributed by atoms with Crippen molar-refractivity contribution in [3.8, 4) is 5.75 Å². The molecular weight excluding hydrogens is 396 g/mol. The summed E-state index contributed by atoms with van der Waals surface area (Å²) in [7, 11) is 1.36. The molecule has 1 aromatic rings. The van der Waals surface area contributed by atoms with Crippen LogP contribution in [0.15, 0.2) is 23.2 Å². The maximum Gasteiger partial charge on any atom is 0.338 e. The molecule has 0 saturated carbocycles. The summed E-state index contributed by atoms with van der Waals surface area (Å²) >= 11 is 0. The first-order chi connectivity index (χ1) is 14.3. The van der Waals surface area contributed by atoms with Gasteiger partial charge >= 0.3 is 5.97 Å². The summed E-state index contributed by atoms with van der Waals surface area (Å²) in [4.78, 5) is 22.4. The summed E-state index contributed by atoms with van der Waals surface area (Å²) in [5, 5.41) is 0. The number of hydroxylamine groups is 1. The van der Waals surface area contributed by atoms with Crippen LogP contribution < -0.4 is 10.2 Å². The number of methoxy groups -OCH3 is 1. The zero-order valence-corrected chi connectivity index (χ0v) is 17.6. The number of hydrogen-bond donors (Lipinski definition) is 1. The van der Waals surface area contributed by atoms with E-state index in [1.54, 1.807) is 12.1 Å². The molecule has 30 heavy (non-hydrogen) atoms. The minimum absolute atomic E-state index is 0.352. The number of benzene rings is 1. The lowest BCUT2D eigenvalue weighted by atomic mass is 9.92. The number of nitrogens with zero attached hydrogens (tertiary/aromatic N) is 2. The van der Waals surface area contributed by atoms with E-state index in [1.165, 1.54) is 7.11 Å². The van der Waals surface area contributed by atoms with Gasteiger partial charge in [-0.1, -0.05) is 0 Å². The monoisotopic (exact) mass is 425 g/mol. The van der Waals surface area contributed by atoms with Gasteiger partial charge in [-0.3, -0.25) is 0 Å². The summed E-state index contributed by atoms with van der Waals surface area (Å²) in [6, 6.07) is 5.34. The average Bonchev–Trinajstić information content (AvgIpc) is 3.22. The summed E-state index contributed by atoms with van der Waals surface area (Å²) in [5.74, 6) is -1.66. The molecule has 1 unspecified atom stereocenters. The van der Waals surface area contributed by atoms with Crippen LogP contribution in [0.2, 0.25) is 0 Å². The van der Waals surface area contributed by atoms with Crippen molar-refractivity contribution in [3.63, 3.8) is 0 Å². The molecule has 2 heterocycles. The molecule has 0 aliphatic carbocycles. The fourth-order valence-electron chi connectivity index (χ4n) is 3.70. The lowest BCUT2D eigenvalue weighted by Gasteiger charge is -2.32. The number of likely N-dealkylation sites (tertiary alicyclic amines) is 1. The van der Waals surface area contributed by atoms with Gasteiger partial charge in [0.25, 0.3) is 5.92 Å². The van der Waals surface area contributed by atoms with E-state index in [0.29, 0.717) is 24.0 Å². The van der Waals surface area contributed by atoms with E-state index in [1.807, 2.05) is 17.9 Å². The number of halogens is 2. The van der Waals surface area contributed by atoms with Crippen LogP contribution >= 0.6 is 0 Å². The predicted octanol–water partition coefficient (Wildman–Crippen LogP) is 3.52. The first-order valence-electron chi connectivity index (χ1n) is 10.2. The van der Waals surface area contributed by atoms with E-state index >= 15 is 0 Å². The van der Waals surface area contributed by atoms with E-state index in [0.717, 1.165) is 57.0 Å². The van der Waals surface area contributed by atoms with Crippen molar-refractivity contribution in [1.82, 2.24) is 10.4 Å². The second-order valence-electron chi connectivity index (χ2n) is 7.87. The number of alkyl halides is 2. The highest BCUT2D eigenvalue weighted by Gasteiger charge is 2.40. The van der Waals surface area contributed by atoms with Crippen molar-refractivity contribution in [2.24, 2.45) is 10.9 Å². The fourth-order valence-corrected chi connectivity index (χ4v) is 3.70. The number of aliphatic imine (C=N–C) groups is 1. The number of nitrogens with one attached hydrogen (secondary N) is 1. The second kappa shape index (κ2) is 9.59. The Morgan fingerprint density at radius 1 is 1.37 bits per heavy atom. The molecule has 0 spiro atoms. The van der Waals surface area contributed by atoms with Gasteiger partial charge in [-0.25, -0.2) is 28.9 Å². The zero-order valence-electron chi connectivity index (χ0n) is 17.6. The molecule has 0 radical (unpaired) electrons. The summed E-state index contributed by atoms with van der Waals surface area (Å²) in [6.07, 6.45) is 2.45. The molecule has 0 aromatic heterocycles. The molecule has 166 valence electrons. The molecule has 1 saturated heterocycles. The number of esters is 1. The Hall–Kier alpha value is -2.42. The maximum atomic E-state index is 13.3. The fraction of sp³-hybridized carbons (Fsp3) is 0.619. The van der Waals surface area contributed by atoms with Crippen LogP contribution in [0.25, 0.3) is 0 Å². The Bertz CT molecular complexity index is 774. The van der Waals surface area contributed by atoms with Crippen LogP contribution in [0, 0.1) is 12.8 Å². The number of aryl methyl sites for hydroxylation is 1. The first kappa shape index (κ1) is 22.3. The third-order valence-corrected chi connectivity index (χ3v) is 5.48. The van der Waals surface area contributed by atoms with Crippen molar-refractivity contribution in [2.75, 3.05) is 26.8 Å². The zero-order chi connectivity index (χ0) is 21.7. The van der Waals surface area contributed by atoms with E-state index in [-0.39, 0.29) is 5.97 Å². The van der Waals surface area contributed by atoms with Crippen LogP contribution in [0.5, 0.6) is 5.75 Å². The highest BCUT2D eigenvalue weighted by molar-refractivity contribution is 5.91. The number of piperidine rings is 1. The highest BCUT2D eigenvalue weighted by atomic mass is 19.3. The molecule has 1 N–H and O–H groups in total. The van der Waals surface area contributed by atoms with Gasteiger partial charge in [-0.05, 0) is 62.3 Å². The van der Waals surface area contributed by atoms with Crippen LogP contribution in [0.4, 0.5) is 8.78 Å². The van der Waals surface area contributed by atoms with Crippen LogP contribution in [0.3, 0.4) is 0 Å². The molecule has 1 atom stereocenters. The van der Waals surface area contributed by atoms with Gasteiger partial charge in [0.1, 0.15) is 5.75 Å². The van der Waals surface area contributed by atoms with E-state index in [4.69, 9.17) is 14.3 Å². The molecule has 7 nitrogen and oxygen atoms in total. The van der Waals surface area contributed by atoms with Gasteiger partial charge in [0.2, 0.25) is 12.2 Å². The Labute approximate surface area is 175 Å². The van der Waals surface area contributed by atoms with Gasteiger partial charge < -0.3 is 14.4 Å². The number of carbonyl (C=O) groups is 1. The Morgan fingerprint density at radius 3 is 2.70 bits per heavy atom. The third kappa shape index (κ3) is 5.59. The second-order valence-corrected chi connectivity index (χ2v) is 7.87. The normalized spacial score (nSPS) is 20.0. The topological polar surface area (TPSA) is 72.4 Å². The van der Waals surface area contributed by atoms with Gasteiger partial charge in [0, 0.05) is 20.0 Å². The van der Waals surface area contributed by atoms with E-state index in [9.17, 15) is 13.6 Å². The van der Waals surface area contributed by atoms with Crippen LogP contribution in [-0.2, 0) is 9.57 Å². The molecule has 3 rings (SSSR count). The summed E-state index contributed by atoms with van der Waals surface area (Å²) in [6.45, 7) is 4.78. The SMILES string of the molecule is COC(=O)c1ccc(OCCCC2CCN(C3=NC(C(C)(F)F)ON3)CC2)cc1C. The number of rotatable bonds is 7. The lowest BCUT2D eigenvalue weighted by molar-refractivity contribution is -0.127. The molecule has 1 aromatic carbocycles. The standard InChI is InChI=1S/C21H29F2N3O4/c1-14-13-16(6-7-17(14)18(27)28-3)29-12-4-5-15-8-10-26(11-9-15)20-24-19(30-25-20)21(2,22)23/h6-7,13,15,19H,4-5,8-12H2,1-3H3,(H,24,25). The van der Waals surface area contributed by atoms with Crippen molar-refractivity contribution in [2.45, 2.75) is 51.7 Å². The van der Waals surface area contributed by atoms with Crippen molar-refractivity contribution >= 4 is 11.9 Å².